The smallest absolute Gasteiger partial charge is 0.271 e. The number of likely N-dealkylation sites (tertiary alicyclic amines) is 1. The van der Waals surface area contributed by atoms with Gasteiger partial charge in [-0.3, -0.25) is 9.59 Å². The Morgan fingerprint density at radius 3 is 2.74 bits per heavy atom. The van der Waals surface area contributed by atoms with Gasteiger partial charge in [0, 0.05) is 29.4 Å². The summed E-state index contributed by atoms with van der Waals surface area (Å²) in [5.41, 5.74) is 7.01. The van der Waals surface area contributed by atoms with Crippen molar-refractivity contribution in [2.45, 2.75) is 18.9 Å². The largest absolute Gasteiger partial charge is 0.497 e. The molecule has 0 aliphatic carbocycles. The second-order valence-corrected chi connectivity index (χ2v) is 7.85. The second kappa shape index (κ2) is 6.74. The molecule has 140 valence electrons. The van der Waals surface area contributed by atoms with Crippen LogP contribution >= 0.6 is 11.3 Å². The first-order valence-corrected chi connectivity index (χ1v) is 9.65. The van der Waals surface area contributed by atoms with E-state index in [0.717, 1.165) is 34.4 Å². The Morgan fingerprint density at radius 1 is 1.22 bits per heavy atom. The lowest BCUT2D eigenvalue weighted by molar-refractivity contribution is 0.0728. The summed E-state index contributed by atoms with van der Waals surface area (Å²) in [5.74, 6) is 0.345. The Labute approximate surface area is 161 Å². The van der Waals surface area contributed by atoms with Crippen LogP contribution in [-0.2, 0) is 7.05 Å². The van der Waals surface area contributed by atoms with Gasteiger partial charge in [-0.25, -0.2) is 0 Å². The molecule has 0 radical (unpaired) electrons. The molecule has 27 heavy (non-hydrogen) atoms. The minimum atomic E-state index is -0.426. The van der Waals surface area contributed by atoms with Crippen molar-refractivity contribution < 1.29 is 14.3 Å². The van der Waals surface area contributed by atoms with Gasteiger partial charge in [0.25, 0.3) is 11.8 Å². The monoisotopic (exact) mass is 383 g/mol. The number of carbonyl (C=O) groups is 2. The fourth-order valence-electron chi connectivity index (χ4n) is 3.78. The van der Waals surface area contributed by atoms with E-state index in [2.05, 4.69) is 0 Å². The van der Waals surface area contributed by atoms with Gasteiger partial charge in [-0.15, -0.1) is 11.3 Å². The number of benzene rings is 1. The van der Waals surface area contributed by atoms with Crippen LogP contribution in [0.25, 0.3) is 10.9 Å². The summed E-state index contributed by atoms with van der Waals surface area (Å²) in [6, 6.07) is 11.4. The first-order chi connectivity index (χ1) is 13.0. The molecule has 1 atom stereocenters. The summed E-state index contributed by atoms with van der Waals surface area (Å²) in [4.78, 5) is 28.1. The lowest BCUT2D eigenvalue weighted by Gasteiger charge is -2.24. The van der Waals surface area contributed by atoms with Gasteiger partial charge in [0.05, 0.1) is 18.0 Å². The van der Waals surface area contributed by atoms with E-state index in [0.29, 0.717) is 17.1 Å². The van der Waals surface area contributed by atoms with Crippen LogP contribution in [0.5, 0.6) is 5.75 Å². The van der Waals surface area contributed by atoms with Crippen LogP contribution in [0.15, 0.2) is 36.4 Å². The van der Waals surface area contributed by atoms with E-state index < -0.39 is 5.91 Å². The molecule has 3 heterocycles. The summed E-state index contributed by atoms with van der Waals surface area (Å²) in [6.07, 6.45) is 1.83. The Balaban J connectivity index is 1.67. The van der Waals surface area contributed by atoms with E-state index in [4.69, 9.17) is 10.5 Å². The van der Waals surface area contributed by atoms with Gasteiger partial charge in [-0.05, 0) is 49.2 Å². The van der Waals surface area contributed by atoms with Crippen LogP contribution in [0.3, 0.4) is 0 Å². The molecule has 1 fully saturated rings. The van der Waals surface area contributed by atoms with E-state index in [9.17, 15) is 9.59 Å². The van der Waals surface area contributed by atoms with Crippen LogP contribution < -0.4 is 10.5 Å². The van der Waals surface area contributed by atoms with E-state index >= 15 is 0 Å². The lowest BCUT2D eigenvalue weighted by Crippen LogP contribution is -2.31. The van der Waals surface area contributed by atoms with Crippen molar-refractivity contribution in [3.63, 3.8) is 0 Å². The zero-order chi connectivity index (χ0) is 19.1. The fourth-order valence-corrected chi connectivity index (χ4v) is 4.78. The normalized spacial score (nSPS) is 16.8. The number of primary amides is 1. The van der Waals surface area contributed by atoms with Gasteiger partial charge in [0.2, 0.25) is 0 Å². The fraction of sp³-hybridized carbons (Fsp3) is 0.300. The third-order valence-corrected chi connectivity index (χ3v) is 6.38. The Bertz CT molecular complexity index is 1040. The van der Waals surface area contributed by atoms with Crippen LogP contribution in [-0.4, -0.2) is 34.9 Å². The van der Waals surface area contributed by atoms with Crippen molar-refractivity contribution in [1.82, 2.24) is 9.47 Å². The highest BCUT2D eigenvalue weighted by atomic mass is 32.1. The van der Waals surface area contributed by atoms with Gasteiger partial charge in [-0.2, -0.15) is 0 Å². The minimum absolute atomic E-state index is 0.00388. The number of ether oxygens (including phenoxy) is 1. The molecular weight excluding hydrogens is 362 g/mol. The highest BCUT2D eigenvalue weighted by molar-refractivity contribution is 7.14. The van der Waals surface area contributed by atoms with Crippen LogP contribution in [0.4, 0.5) is 0 Å². The molecule has 0 unspecified atom stereocenters. The Morgan fingerprint density at radius 2 is 2.04 bits per heavy atom. The third-order valence-electron chi connectivity index (χ3n) is 5.18. The number of carbonyl (C=O) groups excluding carboxylic acids is 2. The van der Waals surface area contributed by atoms with Gasteiger partial charge < -0.3 is 19.9 Å². The molecule has 1 aromatic carbocycles. The maximum atomic E-state index is 13.3. The first kappa shape index (κ1) is 17.6. The number of fused-ring (bicyclic) bond motifs is 1. The number of nitrogens with zero attached hydrogens (tertiary/aromatic N) is 2. The molecule has 2 aromatic heterocycles. The molecule has 7 heteroatoms. The highest BCUT2D eigenvalue weighted by Gasteiger charge is 2.33. The van der Waals surface area contributed by atoms with E-state index in [1.807, 2.05) is 46.8 Å². The molecule has 1 aliphatic rings. The molecule has 4 rings (SSSR count). The molecule has 0 saturated carbocycles. The van der Waals surface area contributed by atoms with Crippen molar-refractivity contribution in [2.24, 2.45) is 12.8 Å². The molecule has 3 aromatic rings. The maximum Gasteiger partial charge on any atom is 0.271 e. The van der Waals surface area contributed by atoms with Crippen LogP contribution in [0, 0.1) is 0 Å². The number of methoxy groups -OCH3 is 1. The van der Waals surface area contributed by atoms with Crippen molar-refractivity contribution in [3.05, 3.63) is 51.8 Å². The number of thiophene rings is 1. The Kier molecular flexibility index (Phi) is 4.39. The van der Waals surface area contributed by atoms with E-state index in [1.165, 1.54) is 11.3 Å². The topological polar surface area (TPSA) is 77.6 Å². The average Bonchev–Trinajstić information content (AvgIpc) is 3.39. The third kappa shape index (κ3) is 2.98. The summed E-state index contributed by atoms with van der Waals surface area (Å²) in [5, 5.41) is 0.975. The molecule has 1 saturated heterocycles. The highest BCUT2D eigenvalue weighted by Crippen LogP contribution is 2.37. The average molecular weight is 383 g/mol. The number of rotatable bonds is 4. The van der Waals surface area contributed by atoms with Crippen molar-refractivity contribution >= 4 is 34.1 Å². The quantitative estimate of drug-likeness (QED) is 0.751. The van der Waals surface area contributed by atoms with Gasteiger partial charge in [-0.1, -0.05) is 0 Å². The van der Waals surface area contributed by atoms with Gasteiger partial charge in [0.15, 0.2) is 0 Å². The molecular formula is C20H21N3O3S. The summed E-state index contributed by atoms with van der Waals surface area (Å²) in [7, 11) is 3.54. The summed E-state index contributed by atoms with van der Waals surface area (Å²) < 4.78 is 7.21. The van der Waals surface area contributed by atoms with Gasteiger partial charge >= 0.3 is 0 Å². The zero-order valence-corrected chi connectivity index (χ0v) is 16.1. The molecule has 6 nitrogen and oxygen atoms in total. The number of aromatic nitrogens is 1. The first-order valence-electron chi connectivity index (χ1n) is 8.83. The van der Waals surface area contributed by atoms with E-state index in [1.54, 1.807) is 13.2 Å². The van der Waals surface area contributed by atoms with Crippen molar-refractivity contribution in [3.8, 4) is 5.75 Å². The standard InChI is InChI=1S/C20H21N3O3S/c1-22-14-6-5-13(26-2)10-12(14)11-16(22)20(25)23-9-3-4-15(23)17-7-8-18(27-17)19(21)24/h5-8,10-11,15H,3-4,9H2,1-2H3,(H2,21,24)/t15-/m0/s1. The minimum Gasteiger partial charge on any atom is -0.497 e. The predicted octanol–water partition coefficient (Wildman–Crippen LogP) is 3.32. The number of nitrogens with two attached hydrogens (primary N) is 1. The number of hydrogen-bond donors (Lipinski definition) is 1. The molecule has 1 aliphatic heterocycles. The zero-order valence-electron chi connectivity index (χ0n) is 15.3. The second-order valence-electron chi connectivity index (χ2n) is 6.74. The van der Waals surface area contributed by atoms with Crippen LogP contribution in [0.1, 0.15) is 43.9 Å². The number of aryl methyl sites for hydroxylation is 1. The summed E-state index contributed by atoms with van der Waals surface area (Å²) in [6.45, 7) is 0.706. The number of hydrogen-bond acceptors (Lipinski definition) is 4. The van der Waals surface area contributed by atoms with Crippen LogP contribution in [0.2, 0.25) is 0 Å². The molecule has 0 spiro atoms. The maximum absolute atomic E-state index is 13.3. The van der Waals surface area contributed by atoms with Crippen molar-refractivity contribution in [1.29, 1.82) is 0 Å². The Hall–Kier alpha value is -2.80. The molecule has 0 bridgehead atoms. The molecule has 2 amide bonds. The SMILES string of the molecule is COc1ccc2c(c1)cc(C(=O)N1CCC[C@H]1c1ccc(C(N)=O)s1)n2C. The van der Waals surface area contributed by atoms with E-state index in [-0.39, 0.29) is 11.9 Å². The van der Waals surface area contributed by atoms with Crippen molar-refractivity contribution in [2.75, 3.05) is 13.7 Å². The van der Waals surface area contributed by atoms with Gasteiger partial charge in [0.1, 0.15) is 11.4 Å². The number of amides is 2. The summed E-state index contributed by atoms with van der Waals surface area (Å²) >= 11 is 1.38. The lowest BCUT2D eigenvalue weighted by atomic mass is 10.2. The molecule has 2 N–H and O–H groups in total. The predicted molar refractivity (Wildman–Crippen MR) is 105 cm³/mol.